The van der Waals surface area contributed by atoms with Crippen molar-refractivity contribution in [3.63, 3.8) is 0 Å². The van der Waals surface area contributed by atoms with Gasteiger partial charge in [-0.15, -0.1) is 0 Å². The van der Waals surface area contributed by atoms with E-state index in [1.807, 2.05) is 12.1 Å². The van der Waals surface area contributed by atoms with Gasteiger partial charge in [0.05, 0.1) is 6.04 Å². The summed E-state index contributed by atoms with van der Waals surface area (Å²) in [7, 11) is 0. The summed E-state index contributed by atoms with van der Waals surface area (Å²) in [4.78, 5) is 16.6. The van der Waals surface area contributed by atoms with Crippen molar-refractivity contribution in [2.75, 3.05) is 11.9 Å². The third kappa shape index (κ3) is 3.62. The molecule has 1 saturated heterocycles. The summed E-state index contributed by atoms with van der Waals surface area (Å²) in [5.74, 6) is 0.880. The Labute approximate surface area is 136 Å². The predicted octanol–water partition coefficient (Wildman–Crippen LogP) is 3.86. The van der Waals surface area contributed by atoms with Crippen LogP contribution in [0.1, 0.15) is 67.0 Å². The SMILES string of the molecule is CCC(C)c1ccc(NC(=O)c2coc(C3CCCN3)n2)cc1. The highest BCUT2D eigenvalue weighted by molar-refractivity contribution is 6.02. The number of hydrogen-bond acceptors (Lipinski definition) is 4. The largest absolute Gasteiger partial charge is 0.446 e. The number of rotatable bonds is 5. The van der Waals surface area contributed by atoms with Crippen molar-refractivity contribution in [3.8, 4) is 0 Å². The Balaban J connectivity index is 1.64. The minimum Gasteiger partial charge on any atom is -0.446 e. The molecule has 5 nitrogen and oxygen atoms in total. The van der Waals surface area contributed by atoms with Gasteiger partial charge in [0.1, 0.15) is 6.26 Å². The van der Waals surface area contributed by atoms with E-state index in [9.17, 15) is 4.79 Å². The number of hydrogen-bond donors (Lipinski definition) is 2. The molecule has 1 fully saturated rings. The molecule has 0 bridgehead atoms. The smallest absolute Gasteiger partial charge is 0.277 e. The van der Waals surface area contributed by atoms with Crippen LogP contribution in [0.4, 0.5) is 5.69 Å². The molecular weight excluding hydrogens is 290 g/mol. The maximum absolute atomic E-state index is 12.3. The number of oxazole rings is 1. The van der Waals surface area contributed by atoms with Crippen molar-refractivity contribution in [1.82, 2.24) is 10.3 Å². The lowest BCUT2D eigenvalue weighted by atomic mass is 9.99. The monoisotopic (exact) mass is 313 g/mol. The van der Waals surface area contributed by atoms with Crippen molar-refractivity contribution >= 4 is 11.6 Å². The van der Waals surface area contributed by atoms with Gasteiger partial charge < -0.3 is 15.1 Å². The number of carbonyl (C=O) groups is 1. The fourth-order valence-corrected chi connectivity index (χ4v) is 2.77. The van der Waals surface area contributed by atoms with Crippen LogP contribution in [0.25, 0.3) is 0 Å². The lowest BCUT2D eigenvalue weighted by molar-refractivity contribution is 0.102. The Hall–Kier alpha value is -2.14. The van der Waals surface area contributed by atoms with Gasteiger partial charge in [-0.05, 0) is 49.4 Å². The molecule has 1 aromatic carbocycles. The number of nitrogens with zero attached hydrogens (tertiary/aromatic N) is 1. The van der Waals surface area contributed by atoms with Crippen molar-refractivity contribution in [2.45, 2.75) is 45.1 Å². The molecule has 2 N–H and O–H groups in total. The van der Waals surface area contributed by atoms with Crippen LogP contribution in [0.3, 0.4) is 0 Å². The summed E-state index contributed by atoms with van der Waals surface area (Å²) in [6, 6.07) is 8.10. The van der Waals surface area contributed by atoms with E-state index in [0.29, 0.717) is 17.5 Å². The summed E-state index contributed by atoms with van der Waals surface area (Å²) >= 11 is 0. The Morgan fingerprint density at radius 1 is 1.43 bits per heavy atom. The van der Waals surface area contributed by atoms with Crippen LogP contribution in [-0.2, 0) is 0 Å². The minimum atomic E-state index is -0.241. The van der Waals surface area contributed by atoms with Crippen LogP contribution >= 0.6 is 0 Å². The first-order valence-corrected chi connectivity index (χ1v) is 8.27. The first-order valence-electron chi connectivity index (χ1n) is 8.27. The molecule has 1 aliphatic rings. The third-order valence-corrected chi connectivity index (χ3v) is 4.46. The molecular formula is C18H23N3O2. The zero-order chi connectivity index (χ0) is 16.2. The van der Waals surface area contributed by atoms with Crippen LogP contribution in [0.15, 0.2) is 34.9 Å². The van der Waals surface area contributed by atoms with Gasteiger partial charge in [0, 0.05) is 5.69 Å². The lowest BCUT2D eigenvalue weighted by Gasteiger charge is -2.10. The second-order valence-corrected chi connectivity index (χ2v) is 6.11. The van der Waals surface area contributed by atoms with Gasteiger partial charge >= 0.3 is 0 Å². The van der Waals surface area contributed by atoms with Gasteiger partial charge in [0.2, 0.25) is 5.89 Å². The minimum absolute atomic E-state index is 0.131. The molecule has 2 heterocycles. The zero-order valence-electron chi connectivity index (χ0n) is 13.6. The highest BCUT2D eigenvalue weighted by Gasteiger charge is 2.22. The summed E-state index contributed by atoms with van der Waals surface area (Å²) in [5, 5.41) is 6.17. The van der Waals surface area contributed by atoms with Gasteiger partial charge in [-0.3, -0.25) is 4.79 Å². The molecule has 1 aromatic heterocycles. The molecule has 0 spiro atoms. The number of nitrogens with one attached hydrogen (secondary N) is 2. The predicted molar refractivity (Wildman–Crippen MR) is 89.6 cm³/mol. The zero-order valence-corrected chi connectivity index (χ0v) is 13.6. The van der Waals surface area contributed by atoms with E-state index in [0.717, 1.165) is 31.5 Å². The molecule has 5 heteroatoms. The van der Waals surface area contributed by atoms with Crippen LogP contribution in [0.5, 0.6) is 0 Å². The molecule has 2 aromatic rings. The lowest BCUT2D eigenvalue weighted by Crippen LogP contribution is -2.15. The first kappa shape index (κ1) is 15.7. The van der Waals surface area contributed by atoms with Crippen LogP contribution in [-0.4, -0.2) is 17.4 Å². The number of carbonyl (C=O) groups excluding carboxylic acids is 1. The van der Waals surface area contributed by atoms with Gasteiger partial charge in [0.25, 0.3) is 5.91 Å². The van der Waals surface area contributed by atoms with E-state index in [4.69, 9.17) is 4.42 Å². The number of aromatic nitrogens is 1. The normalized spacial score (nSPS) is 18.8. The Morgan fingerprint density at radius 2 is 2.22 bits per heavy atom. The maximum Gasteiger partial charge on any atom is 0.277 e. The molecule has 2 unspecified atom stereocenters. The molecule has 0 aliphatic carbocycles. The molecule has 1 aliphatic heterocycles. The number of anilines is 1. The summed E-state index contributed by atoms with van der Waals surface area (Å²) < 4.78 is 5.44. The Bertz CT molecular complexity index is 657. The van der Waals surface area contributed by atoms with Crippen molar-refractivity contribution in [3.05, 3.63) is 47.7 Å². The van der Waals surface area contributed by atoms with Crippen molar-refractivity contribution in [1.29, 1.82) is 0 Å². The van der Waals surface area contributed by atoms with E-state index in [1.54, 1.807) is 0 Å². The molecule has 122 valence electrons. The summed E-state index contributed by atoms with van der Waals surface area (Å²) in [6.45, 7) is 5.33. The average molecular weight is 313 g/mol. The van der Waals surface area contributed by atoms with Crippen molar-refractivity contribution < 1.29 is 9.21 Å². The topological polar surface area (TPSA) is 67.2 Å². The molecule has 3 rings (SSSR count). The number of amides is 1. The van der Waals surface area contributed by atoms with Crippen LogP contribution in [0, 0.1) is 0 Å². The highest BCUT2D eigenvalue weighted by atomic mass is 16.3. The van der Waals surface area contributed by atoms with Crippen molar-refractivity contribution in [2.24, 2.45) is 0 Å². The molecule has 23 heavy (non-hydrogen) atoms. The van der Waals surface area contributed by atoms with E-state index in [-0.39, 0.29) is 11.9 Å². The Kier molecular flexibility index (Phi) is 4.76. The number of benzene rings is 1. The first-order chi connectivity index (χ1) is 11.2. The second-order valence-electron chi connectivity index (χ2n) is 6.11. The van der Waals surface area contributed by atoms with Gasteiger partial charge in [-0.2, -0.15) is 0 Å². The molecule has 0 radical (unpaired) electrons. The Morgan fingerprint density at radius 3 is 2.87 bits per heavy atom. The van der Waals surface area contributed by atoms with Gasteiger partial charge in [0.15, 0.2) is 5.69 Å². The fourth-order valence-electron chi connectivity index (χ4n) is 2.77. The maximum atomic E-state index is 12.3. The van der Waals surface area contributed by atoms with Crippen LogP contribution in [0.2, 0.25) is 0 Å². The van der Waals surface area contributed by atoms with Gasteiger partial charge in [-0.1, -0.05) is 26.0 Å². The average Bonchev–Trinajstić information content (AvgIpc) is 3.25. The molecule has 1 amide bonds. The molecule has 0 saturated carbocycles. The highest BCUT2D eigenvalue weighted by Crippen LogP contribution is 2.23. The fraction of sp³-hybridized carbons (Fsp3) is 0.444. The van der Waals surface area contributed by atoms with E-state index >= 15 is 0 Å². The third-order valence-electron chi connectivity index (χ3n) is 4.46. The van der Waals surface area contributed by atoms with E-state index in [2.05, 4.69) is 41.6 Å². The van der Waals surface area contributed by atoms with Crippen LogP contribution < -0.4 is 10.6 Å². The quantitative estimate of drug-likeness (QED) is 0.879. The second kappa shape index (κ2) is 6.96. The standard InChI is InChI=1S/C18H23N3O2/c1-3-12(2)13-6-8-14(9-7-13)20-17(22)16-11-23-18(21-16)15-5-4-10-19-15/h6-9,11-12,15,19H,3-5,10H2,1-2H3,(H,20,22). The molecule has 2 atom stereocenters. The summed E-state index contributed by atoms with van der Waals surface area (Å²) in [5.41, 5.74) is 2.37. The van der Waals surface area contributed by atoms with Gasteiger partial charge in [-0.25, -0.2) is 4.98 Å². The van der Waals surface area contributed by atoms with E-state index in [1.165, 1.54) is 11.8 Å². The van der Waals surface area contributed by atoms with E-state index < -0.39 is 0 Å². The summed E-state index contributed by atoms with van der Waals surface area (Å²) in [6.07, 6.45) is 4.64.